The predicted molar refractivity (Wildman–Crippen MR) is 107 cm³/mol. The number of benzene rings is 1. The highest BCUT2D eigenvalue weighted by molar-refractivity contribution is 14.1. The van der Waals surface area contributed by atoms with Crippen molar-refractivity contribution in [1.29, 1.82) is 0 Å². The van der Waals surface area contributed by atoms with Crippen molar-refractivity contribution in [1.82, 2.24) is 4.57 Å². The van der Waals surface area contributed by atoms with Gasteiger partial charge in [-0.25, -0.2) is 9.18 Å². The molecule has 0 unspecified atom stereocenters. The molecular weight excluding hydrogens is 450 g/mol. The summed E-state index contributed by atoms with van der Waals surface area (Å²) in [6, 6.07) is 6.61. The maximum atomic E-state index is 14.3. The molecule has 5 nitrogen and oxygen atoms in total. The van der Waals surface area contributed by atoms with Gasteiger partial charge in [-0.05, 0) is 67.5 Å². The van der Waals surface area contributed by atoms with Crippen LogP contribution < -0.4 is 16.5 Å². The minimum absolute atomic E-state index is 0.182. The molecule has 1 aliphatic rings. The normalized spacial score (nSPS) is 14.0. The van der Waals surface area contributed by atoms with Gasteiger partial charge in [-0.15, -0.1) is 0 Å². The van der Waals surface area contributed by atoms with Gasteiger partial charge in [-0.3, -0.25) is 4.79 Å². The fourth-order valence-electron chi connectivity index (χ4n) is 3.16. The van der Waals surface area contributed by atoms with Gasteiger partial charge in [0, 0.05) is 21.4 Å². The van der Waals surface area contributed by atoms with Crippen LogP contribution >= 0.6 is 22.6 Å². The van der Waals surface area contributed by atoms with E-state index in [0.717, 1.165) is 22.1 Å². The molecule has 7 heteroatoms. The zero-order valence-corrected chi connectivity index (χ0v) is 16.4. The third-order valence-corrected chi connectivity index (χ3v) is 5.31. The predicted octanol–water partition coefficient (Wildman–Crippen LogP) is 4.39. The molecule has 0 bridgehead atoms. The Labute approximate surface area is 162 Å². The summed E-state index contributed by atoms with van der Waals surface area (Å²) >= 11 is 2.02. The summed E-state index contributed by atoms with van der Waals surface area (Å²) < 4.78 is 22.1. The Balaban J connectivity index is 2.00. The van der Waals surface area contributed by atoms with Gasteiger partial charge in [0.25, 0.3) is 5.56 Å². The second-order valence-corrected chi connectivity index (χ2v) is 7.82. The van der Waals surface area contributed by atoms with Gasteiger partial charge in [0.1, 0.15) is 16.8 Å². The molecule has 1 fully saturated rings. The number of nitrogens with zero attached hydrogens (tertiary/aromatic N) is 1. The zero-order chi connectivity index (χ0) is 18.6. The number of pyridine rings is 1. The van der Waals surface area contributed by atoms with E-state index in [1.807, 2.05) is 29.5 Å². The van der Waals surface area contributed by atoms with Crippen LogP contribution in [-0.4, -0.2) is 4.57 Å². The van der Waals surface area contributed by atoms with E-state index in [-0.39, 0.29) is 33.8 Å². The number of rotatable bonds is 3. The quantitative estimate of drug-likeness (QED) is 0.582. The summed E-state index contributed by atoms with van der Waals surface area (Å²) in [6.45, 7) is 3.39. The summed E-state index contributed by atoms with van der Waals surface area (Å²) in [7, 11) is 0. The van der Waals surface area contributed by atoms with Crippen molar-refractivity contribution in [2.45, 2.75) is 32.7 Å². The Hall–Kier alpha value is -2.16. The van der Waals surface area contributed by atoms with Crippen LogP contribution in [0.15, 0.2) is 38.3 Å². The monoisotopic (exact) mass is 466 g/mol. The van der Waals surface area contributed by atoms with Crippen molar-refractivity contribution in [2.24, 2.45) is 0 Å². The van der Waals surface area contributed by atoms with Gasteiger partial charge >= 0.3 is 5.63 Å². The van der Waals surface area contributed by atoms with Crippen LogP contribution in [0.3, 0.4) is 0 Å². The van der Waals surface area contributed by atoms with Crippen LogP contribution in [0.25, 0.3) is 11.0 Å². The molecule has 2 aromatic heterocycles. The number of hydrogen-bond acceptors (Lipinski definition) is 4. The summed E-state index contributed by atoms with van der Waals surface area (Å²) in [6.07, 6.45) is 1.91. The first-order chi connectivity index (χ1) is 12.4. The Kier molecular flexibility index (Phi) is 4.13. The molecule has 26 heavy (non-hydrogen) atoms. The van der Waals surface area contributed by atoms with Gasteiger partial charge in [-0.2, -0.15) is 0 Å². The molecule has 1 saturated carbocycles. The van der Waals surface area contributed by atoms with Crippen molar-refractivity contribution in [3.63, 3.8) is 0 Å². The Morgan fingerprint density at radius 3 is 2.62 bits per heavy atom. The van der Waals surface area contributed by atoms with Gasteiger partial charge < -0.3 is 14.3 Å². The lowest BCUT2D eigenvalue weighted by Gasteiger charge is -2.15. The maximum Gasteiger partial charge on any atom is 0.341 e. The van der Waals surface area contributed by atoms with E-state index in [0.29, 0.717) is 5.69 Å². The largest absolute Gasteiger partial charge is 0.422 e. The van der Waals surface area contributed by atoms with E-state index in [1.54, 1.807) is 29.7 Å². The summed E-state index contributed by atoms with van der Waals surface area (Å²) in [5, 5.41) is 3.22. The van der Waals surface area contributed by atoms with E-state index in [2.05, 4.69) is 5.32 Å². The summed E-state index contributed by atoms with van der Waals surface area (Å²) in [5.74, 6) is -0.452. The molecule has 0 atom stereocenters. The standard InChI is InChI=1S/C19H16FIN2O3/c1-9-7-15-16(18(24)23(9)12-4-5-12)17(10(2)19(25)26-15)22-14-6-3-11(21)8-13(14)20/h3,6-8,12,22H,4-5H2,1-2H3. The van der Waals surface area contributed by atoms with Gasteiger partial charge in [-0.1, -0.05) is 0 Å². The fraction of sp³-hybridized carbons (Fsp3) is 0.263. The van der Waals surface area contributed by atoms with E-state index < -0.39 is 11.4 Å². The third kappa shape index (κ3) is 2.84. The van der Waals surface area contributed by atoms with Crippen molar-refractivity contribution in [2.75, 3.05) is 5.32 Å². The van der Waals surface area contributed by atoms with E-state index >= 15 is 0 Å². The molecule has 3 aromatic rings. The Morgan fingerprint density at radius 1 is 1.23 bits per heavy atom. The second-order valence-electron chi connectivity index (χ2n) is 6.57. The number of fused-ring (bicyclic) bond motifs is 1. The number of hydrogen-bond donors (Lipinski definition) is 1. The topological polar surface area (TPSA) is 64.2 Å². The van der Waals surface area contributed by atoms with Crippen LogP contribution in [0, 0.1) is 23.2 Å². The fourth-order valence-corrected chi connectivity index (χ4v) is 3.62. The molecule has 1 N–H and O–H groups in total. The molecule has 0 amide bonds. The minimum atomic E-state index is -0.547. The molecular formula is C19H16FIN2O3. The molecule has 0 aliphatic heterocycles. The van der Waals surface area contributed by atoms with Crippen molar-refractivity contribution >= 4 is 44.9 Å². The van der Waals surface area contributed by atoms with Gasteiger partial charge in [0.15, 0.2) is 0 Å². The lowest BCUT2D eigenvalue weighted by molar-refractivity contribution is 0.551. The Morgan fingerprint density at radius 2 is 1.96 bits per heavy atom. The SMILES string of the molecule is Cc1c(Nc2ccc(I)cc2F)c2c(=O)n(C3CC3)c(C)cc2oc1=O. The van der Waals surface area contributed by atoms with Gasteiger partial charge in [0.2, 0.25) is 0 Å². The first-order valence-electron chi connectivity index (χ1n) is 8.28. The highest BCUT2D eigenvalue weighted by atomic mass is 127. The molecule has 0 radical (unpaired) electrons. The number of halogens is 2. The van der Waals surface area contributed by atoms with Crippen LogP contribution in [0.1, 0.15) is 30.1 Å². The first-order valence-corrected chi connectivity index (χ1v) is 9.36. The zero-order valence-electron chi connectivity index (χ0n) is 14.2. The second kappa shape index (κ2) is 6.22. The molecule has 4 rings (SSSR count). The van der Waals surface area contributed by atoms with Crippen LogP contribution in [0.4, 0.5) is 15.8 Å². The molecule has 2 heterocycles. The average molecular weight is 466 g/mol. The van der Waals surface area contributed by atoms with Crippen molar-refractivity contribution < 1.29 is 8.81 Å². The highest BCUT2D eigenvalue weighted by Gasteiger charge is 2.28. The summed E-state index contributed by atoms with van der Waals surface area (Å²) in [4.78, 5) is 25.3. The van der Waals surface area contributed by atoms with E-state index in [9.17, 15) is 14.0 Å². The molecule has 0 spiro atoms. The third-order valence-electron chi connectivity index (χ3n) is 4.64. The molecule has 0 saturated heterocycles. The lowest BCUT2D eigenvalue weighted by atomic mass is 10.1. The maximum absolute atomic E-state index is 14.3. The average Bonchev–Trinajstić information content (AvgIpc) is 3.38. The minimum Gasteiger partial charge on any atom is -0.422 e. The Bertz CT molecular complexity index is 1160. The van der Waals surface area contributed by atoms with Crippen molar-refractivity contribution in [3.8, 4) is 0 Å². The van der Waals surface area contributed by atoms with E-state index in [1.165, 1.54) is 6.07 Å². The molecule has 134 valence electrons. The van der Waals surface area contributed by atoms with Crippen LogP contribution in [0.5, 0.6) is 0 Å². The van der Waals surface area contributed by atoms with Crippen molar-refractivity contribution in [3.05, 3.63) is 65.7 Å². The smallest absolute Gasteiger partial charge is 0.341 e. The van der Waals surface area contributed by atoms with Crippen LogP contribution in [0.2, 0.25) is 0 Å². The number of nitrogens with one attached hydrogen (secondary N) is 1. The van der Waals surface area contributed by atoms with Gasteiger partial charge in [0.05, 0.1) is 16.9 Å². The first kappa shape index (κ1) is 17.3. The highest BCUT2D eigenvalue weighted by Crippen LogP contribution is 2.36. The number of aryl methyl sites for hydroxylation is 1. The number of anilines is 2. The lowest BCUT2D eigenvalue weighted by Crippen LogP contribution is -2.24. The number of aromatic nitrogens is 1. The van der Waals surface area contributed by atoms with Crippen LogP contribution in [-0.2, 0) is 0 Å². The summed E-state index contributed by atoms with van der Waals surface area (Å²) in [5.41, 5.74) is 0.960. The van der Waals surface area contributed by atoms with E-state index in [4.69, 9.17) is 4.42 Å². The molecule has 1 aliphatic carbocycles. The molecule has 1 aromatic carbocycles.